The van der Waals surface area contributed by atoms with E-state index < -0.39 is 0 Å². The van der Waals surface area contributed by atoms with Crippen LogP contribution in [0.3, 0.4) is 0 Å². The van der Waals surface area contributed by atoms with Gasteiger partial charge in [0.1, 0.15) is 0 Å². The lowest BCUT2D eigenvalue weighted by atomic mass is 10.1. The molecule has 2 aromatic carbocycles. The maximum Gasteiger partial charge on any atom is 0.255 e. The zero-order valence-corrected chi connectivity index (χ0v) is 18.3. The highest BCUT2D eigenvalue weighted by molar-refractivity contribution is 7.99. The van der Waals surface area contributed by atoms with Gasteiger partial charge >= 0.3 is 0 Å². The maximum absolute atomic E-state index is 12.5. The molecule has 150 valence electrons. The molecule has 0 fully saturated rings. The summed E-state index contributed by atoms with van der Waals surface area (Å²) in [7, 11) is 0. The molecule has 0 unspecified atom stereocenters. The number of hydrogen-bond acceptors (Lipinski definition) is 4. The minimum atomic E-state index is -0.338. The first kappa shape index (κ1) is 21.7. The van der Waals surface area contributed by atoms with Crippen molar-refractivity contribution in [3.63, 3.8) is 0 Å². The quantitative estimate of drug-likeness (QED) is 0.377. The molecule has 5 nitrogen and oxygen atoms in total. The van der Waals surface area contributed by atoms with E-state index in [1.165, 1.54) is 12.1 Å². The van der Waals surface area contributed by atoms with Crippen molar-refractivity contribution in [1.29, 1.82) is 0 Å². The second-order valence-corrected chi connectivity index (χ2v) is 8.39. The molecule has 0 aliphatic carbocycles. The Hall–Kier alpha value is -1.99. The fraction of sp³-hybridized carbons (Fsp3) is 0.150. The van der Waals surface area contributed by atoms with Gasteiger partial charge in [-0.3, -0.25) is 9.59 Å². The summed E-state index contributed by atoms with van der Waals surface area (Å²) in [6.07, 6.45) is 0.494. The van der Waals surface area contributed by atoms with Crippen molar-refractivity contribution in [1.82, 2.24) is 9.97 Å². The summed E-state index contributed by atoms with van der Waals surface area (Å²) in [6, 6.07) is 12.7. The Morgan fingerprint density at radius 3 is 2.41 bits per heavy atom. The highest BCUT2D eigenvalue weighted by Crippen LogP contribution is 2.33. The van der Waals surface area contributed by atoms with Gasteiger partial charge in [-0.05, 0) is 24.6 Å². The molecule has 1 amide bonds. The molecule has 0 atom stereocenters. The lowest BCUT2D eigenvalue weighted by Crippen LogP contribution is -2.19. The number of carbonyl (C=O) groups is 1. The van der Waals surface area contributed by atoms with Crippen LogP contribution < -0.4 is 10.9 Å². The molecule has 0 aliphatic heterocycles. The Kier molecular flexibility index (Phi) is 7.24. The van der Waals surface area contributed by atoms with Crippen molar-refractivity contribution in [2.45, 2.75) is 18.5 Å². The smallest absolute Gasteiger partial charge is 0.255 e. The minimum Gasteiger partial charge on any atom is -0.323 e. The van der Waals surface area contributed by atoms with Crippen LogP contribution in [0.1, 0.15) is 16.8 Å². The first-order chi connectivity index (χ1) is 13.8. The normalized spacial score (nSPS) is 10.8. The number of aryl methyl sites for hydroxylation is 1. The van der Waals surface area contributed by atoms with Crippen molar-refractivity contribution in [2.24, 2.45) is 0 Å². The molecule has 1 heterocycles. The van der Waals surface area contributed by atoms with Gasteiger partial charge in [0.2, 0.25) is 5.91 Å². The van der Waals surface area contributed by atoms with Crippen LogP contribution in [0.4, 0.5) is 5.69 Å². The summed E-state index contributed by atoms with van der Waals surface area (Å²) < 4.78 is 0. The third-order valence-electron chi connectivity index (χ3n) is 4.04. The lowest BCUT2D eigenvalue weighted by Gasteiger charge is -2.10. The zero-order chi connectivity index (χ0) is 21.0. The number of carbonyl (C=O) groups excluding carboxylic acids is 1. The van der Waals surface area contributed by atoms with Crippen LogP contribution in [0.25, 0.3) is 0 Å². The summed E-state index contributed by atoms with van der Waals surface area (Å²) in [5.74, 6) is -0.315. The highest BCUT2D eigenvalue weighted by Gasteiger charge is 2.14. The number of aromatic amines is 1. The average Bonchev–Trinajstić information content (AvgIpc) is 2.67. The van der Waals surface area contributed by atoms with Crippen LogP contribution in [-0.4, -0.2) is 21.6 Å². The molecule has 0 bridgehead atoms. The Morgan fingerprint density at radius 2 is 1.79 bits per heavy atom. The van der Waals surface area contributed by atoms with Gasteiger partial charge in [-0.15, -0.1) is 0 Å². The summed E-state index contributed by atoms with van der Waals surface area (Å²) in [5, 5.41) is 3.88. The third-order valence-corrected chi connectivity index (χ3v) is 5.72. The summed E-state index contributed by atoms with van der Waals surface area (Å²) in [5.41, 5.74) is 2.33. The van der Waals surface area contributed by atoms with Crippen molar-refractivity contribution < 1.29 is 4.79 Å². The standard InChI is InChI=1S/C20H16Cl3N3O2S/c1-11-14(7-12-5-3-2-4-6-12)19(28)26-20(24-11)29-10-17(27)25-18-15(22)8-13(21)9-16(18)23/h2-6,8-9H,7,10H2,1H3,(H,25,27)(H,24,26,28). The van der Waals surface area contributed by atoms with Crippen molar-refractivity contribution in [3.05, 3.63) is 84.7 Å². The Labute approximate surface area is 186 Å². The number of benzene rings is 2. The molecular weight excluding hydrogens is 453 g/mol. The van der Waals surface area contributed by atoms with Crippen LogP contribution in [-0.2, 0) is 11.2 Å². The van der Waals surface area contributed by atoms with E-state index >= 15 is 0 Å². The molecule has 3 rings (SSSR count). The number of H-pyrrole nitrogens is 1. The van der Waals surface area contributed by atoms with E-state index in [2.05, 4.69) is 15.3 Å². The van der Waals surface area contributed by atoms with Crippen molar-refractivity contribution in [2.75, 3.05) is 11.1 Å². The SMILES string of the molecule is Cc1nc(SCC(=O)Nc2c(Cl)cc(Cl)cc2Cl)[nH]c(=O)c1Cc1ccccc1. The highest BCUT2D eigenvalue weighted by atomic mass is 35.5. The van der Waals surface area contributed by atoms with Gasteiger partial charge in [-0.1, -0.05) is 76.9 Å². The van der Waals surface area contributed by atoms with Gasteiger partial charge in [0.05, 0.1) is 21.5 Å². The van der Waals surface area contributed by atoms with E-state index in [1.54, 1.807) is 6.92 Å². The molecular formula is C20H16Cl3N3O2S. The molecule has 0 saturated carbocycles. The monoisotopic (exact) mass is 467 g/mol. The minimum absolute atomic E-state index is 0.0235. The van der Waals surface area contributed by atoms with Crippen LogP contribution in [0.2, 0.25) is 15.1 Å². The number of thioether (sulfide) groups is 1. The molecule has 0 saturated heterocycles. The molecule has 29 heavy (non-hydrogen) atoms. The van der Waals surface area contributed by atoms with Gasteiger partial charge < -0.3 is 10.3 Å². The van der Waals surface area contributed by atoms with E-state index in [9.17, 15) is 9.59 Å². The van der Waals surface area contributed by atoms with E-state index in [1.807, 2.05) is 30.3 Å². The van der Waals surface area contributed by atoms with E-state index in [0.717, 1.165) is 17.3 Å². The topological polar surface area (TPSA) is 74.8 Å². The summed E-state index contributed by atoms with van der Waals surface area (Å²) in [4.78, 5) is 31.9. The summed E-state index contributed by atoms with van der Waals surface area (Å²) in [6.45, 7) is 1.78. The zero-order valence-electron chi connectivity index (χ0n) is 15.3. The lowest BCUT2D eigenvalue weighted by molar-refractivity contribution is -0.113. The first-order valence-electron chi connectivity index (χ1n) is 8.54. The number of rotatable bonds is 6. The predicted octanol–water partition coefficient (Wildman–Crippen LogP) is 5.36. The molecule has 9 heteroatoms. The molecule has 0 spiro atoms. The maximum atomic E-state index is 12.5. The van der Waals surface area contributed by atoms with Crippen LogP contribution in [0.15, 0.2) is 52.4 Å². The first-order valence-corrected chi connectivity index (χ1v) is 10.7. The molecule has 1 aromatic heterocycles. The largest absolute Gasteiger partial charge is 0.323 e. The summed E-state index contributed by atoms with van der Waals surface area (Å²) >= 11 is 19.1. The second-order valence-electron chi connectivity index (χ2n) is 6.18. The van der Waals surface area contributed by atoms with Gasteiger partial charge in [-0.25, -0.2) is 4.98 Å². The Morgan fingerprint density at radius 1 is 1.14 bits per heavy atom. The Balaban J connectivity index is 1.67. The van der Waals surface area contributed by atoms with Crippen molar-refractivity contribution >= 4 is 58.2 Å². The predicted molar refractivity (Wildman–Crippen MR) is 120 cm³/mol. The number of anilines is 1. The molecule has 2 N–H and O–H groups in total. The Bertz CT molecular complexity index is 1080. The number of aromatic nitrogens is 2. The molecule has 3 aromatic rings. The molecule has 0 radical (unpaired) electrons. The van der Waals surface area contributed by atoms with Crippen molar-refractivity contribution in [3.8, 4) is 0 Å². The van der Waals surface area contributed by atoms with Gasteiger partial charge in [0, 0.05) is 22.7 Å². The molecule has 0 aliphatic rings. The van der Waals surface area contributed by atoms with E-state index in [4.69, 9.17) is 34.8 Å². The average molecular weight is 469 g/mol. The van der Waals surface area contributed by atoms with Gasteiger partial charge in [0.15, 0.2) is 5.16 Å². The van der Waals surface area contributed by atoms with E-state index in [-0.39, 0.29) is 27.3 Å². The van der Waals surface area contributed by atoms with E-state index in [0.29, 0.717) is 33.5 Å². The van der Waals surface area contributed by atoms with Crippen LogP contribution in [0.5, 0.6) is 0 Å². The number of amides is 1. The fourth-order valence-corrected chi connectivity index (χ4v) is 4.25. The second kappa shape index (κ2) is 9.67. The number of nitrogens with zero attached hydrogens (tertiary/aromatic N) is 1. The van der Waals surface area contributed by atoms with Crippen LogP contribution in [0, 0.1) is 6.92 Å². The number of halogens is 3. The third kappa shape index (κ3) is 5.76. The number of hydrogen-bond donors (Lipinski definition) is 2. The number of nitrogens with one attached hydrogen (secondary N) is 2. The van der Waals surface area contributed by atoms with Gasteiger partial charge in [0.25, 0.3) is 5.56 Å². The fourth-order valence-electron chi connectivity index (χ4n) is 2.63. The van der Waals surface area contributed by atoms with Crippen LogP contribution >= 0.6 is 46.6 Å². The van der Waals surface area contributed by atoms with Gasteiger partial charge in [-0.2, -0.15) is 0 Å².